The summed E-state index contributed by atoms with van der Waals surface area (Å²) < 4.78 is 13.5. The fraction of sp³-hybridized carbons (Fsp3) is 0.409. The normalized spacial score (nSPS) is 17.3. The second-order valence-electron chi connectivity index (χ2n) is 7.05. The van der Waals surface area contributed by atoms with Gasteiger partial charge in [-0.3, -0.25) is 4.79 Å². The molecule has 0 spiro atoms. The van der Waals surface area contributed by atoms with Gasteiger partial charge in [0.25, 0.3) is 5.91 Å². The van der Waals surface area contributed by atoms with Crippen molar-refractivity contribution < 1.29 is 14.3 Å². The lowest BCUT2D eigenvalue weighted by Crippen LogP contribution is -2.43. The summed E-state index contributed by atoms with van der Waals surface area (Å²) in [5.74, 6) is -0.207. The Morgan fingerprint density at radius 1 is 1.19 bits per heavy atom. The third-order valence-electron chi connectivity index (χ3n) is 5.23. The van der Waals surface area contributed by atoms with Gasteiger partial charge < -0.3 is 10.0 Å². The first-order valence-corrected chi connectivity index (χ1v) is 9.38. The van der Waals surface area contributed by atoms with E-state index in [2.05, 4.69) is 0 Å². The maximum absolute atomic E-state index is 13.5. The number of amides is 1. The van der Waals surface area contributed by atoms with E-state index in [4.69, 9.17) is 5.11 Å². The Morgan fingerprint density at radius 3 is 2.69 bits per heavy atom. The van der Waals surface area contributed by atoms with Crippen LogP contribution < -0.4 is 0 Å². The van der Waals surface area contributed by atoms with E-state index < -0.39 is 0 Å². The lowest BCUT2D eigenvalue weighted by molar-refractivity contribution is 0.0590. The molecule has 1 fully saturated rings. The summed E-state index contributed by atoms with van der Waals surface area (Å²) in [6.07, 6.45) is 4.75. The van der Waals surface area contributed by atoms with E-state index in [1.165, 1.54) is 12.1 Å². The molecule has 2 aromatic carbocycles. The smallest absolute Gasteiger partial charge is 0.254 e. The number of aliphatic hydroxyl groups is 1. The average Bonchev–Trinajstić information content (AvgIpc) is 2.68. The zero-order valence-corrected chi connectivity index (χ0v) is 15.2. The Labute approximate surface area is 154 Å². The summed E-state index contributed by atoms with van der Waals surface area (Å²) in [5, 5.41) is 9.09. The molecule has 1 atom stereocenters. The van der Waals surface area contributed by atoms with E-state index in [0.29, 0.717) is 5.56 Å². The fourth-order valence-corrected chi connectivity index (χ4v) is 3.76. The van der Waals surface area contributed by atoms with E-state index in [0.717, 1.165) is 55.3 Å². The standard InChI is InChI=1S/C22H26FNO2/c1-16-7-12-19(23)15-21(16)17-8-10-18(11-9-17)22(26)24-13-3-2-5-20(24)6-4-14-25/h7-12,15,20,25H,2-6,13-14H2,1H3/t20-/m0/s1. The first-order chi connectivity index (χ1) is 12.6. The predicted octanol–water partition coefficient (Wildman–Crippen LogP) is 4.57. The lowest BCUT2D eigenvalue weighted by Gasteiger charge is -2.36. The molecule has 1 heterocycles. The number of aryl methyl sites for hydroxylation is 1. The van der Waals surface area contributed by atoms with Gasteiger partial charge in [0.2, 0.25) is 0 Å². The Morgan fingerprint density at radius 2 is 1.96 bits per heavy atom. The summed E-state index contributed by atoms with van der Waals surface area (Å²) in [5.41, 5.74) is 3.43. The highest BCUT2D eigenvalue weighted by molar-refractivity contribution is 5.95. The molecule has 0 aromatic heterocycles. The molecule has 1 N–H and O–H groups in total. The Kier molecular flexibility index (Phi) is 6.04. The highest BCUT2D eigenvalue weighted by Crippen LogP contribution is 2.27. The summed E-state index contributed by atoms with van der Waals surface area (Å²) in [6, 6.07) is 12.4. The van der Waals surface area contributed by atoms with Gasteiger partial charge in [-0.05, 0) is 80.0 Å². The molecule has 1 amide bonds. The minimum absolute atomic E-state index is 0.0511. The Bertz CT molecular complexity index is 757. The molecule has 3 rings (SSSR count). The Balaban J connectivity index is 1.79. The van der Waals surface area contributed by atoms with Crippen molar-refractivity contribution in [1.82, 2.24) is 4.90 Å². The molecule has 0 bridgehead atoms. The molecule has 0 radical (unpaired) electrons. The molecule has 26 heavy (non-hydrogen) atoms. The van der Waals surface area contributed by atoms with Crippen molar-refractivity contribution >= 4 is 5.91 Å². The molecule has 0 aliphatic carbocycles. The number of rotatable bonds is 5. The SMILES string of the molecule is Cc1ccc(F)cc1-c1ccc(C(=O)N2CCCC[C@H]2CCCO)cc1. The van der Waals surface area contributed by atoms with Gasteiger partial charge in [0.1, 0.15) is 5.82 Å². The Hall–Kier alpha value is -2.20. The number of piperidine rings is 1. The molecule has 0 unspecified atom stereocenters. The van der Waals surface area contributed by atoms with Gasteiger partial charge >= 0.3 is 0 Å². The van der Waals surface area contributed by atoms with Gasteiger partial charge in [0.05, 0.1) is 0 Å². The molecule has 2 aromatic rings. The number of carbonyl (C=O) groups is 1. The van der Waals surface area contributed by atoms with Crippen LogP contribution in [0.15, 0.2) is 42.5 Å². The van der Waals surface area contributed by atoms with Gasteiger partial charge in [-0.25, -0.2) is 4.39 Å². The van der Waals surface area contributed by atoms with Gasteiger partial charge in [-0.15, -0.1) is 0 Å². The third kappa shape index (κ3) is 4.13. The molecular formula is C22H26FNO2. The minimum atomic E-state index is -0.259. The van der Waals surface area contributed by atoms with E-state index in [9.17, 15) is 9.18 Å². The van der Waals surface area contributed by atoms with Crippen molar-refractivity contribution in [3.8, 4) is 11.1 Å². The van der Waals surface area contributed by atoms with E-state index >= 15 is 0 Å². The third-order valence-corrected chi connectivity index (χ3v) is 5.23. The summed E-state index contributed by atoms with van der Waals surface area (Å²) >= 11 is 0. The molecule has 3 nitrogen and oxygen atoms in total. The van der Waals surface area contributed by atoms with Crippen LogP contribution in [0.5, 0.6) is 0 Å². The maximum atomic E-state index is 13.5. The van der Waals surface area contributed by atoms with Gasteiger partial charge in [-0.1, -0.05) is 18.2 Å². The number of hydrogen-bond acceptors (Lipinski definition) is 2. The van der Waals surface area contributed by atoms with Crippen LogP contribution in [0.1, 0.15) is 48.0 Å². The van der Waals surface area contributed by atoms with Crippen molar-refractivity contribution in [2.75, 3.05) is 13.2 Å². The van der Waals surface area contributed by atoms with Crippen molar-refractivity contribution in [3.63, 3.8) is 0 Å². The van der Waals surface area contributed by atoms with E-state index in [-0.39, 0.29) is 24.4 Å². The number of hydrogen-bond donors (Lipinski definition) is 1. The van der Waals surface area contributed by atoms with E-state index in [1.807, 2.05) is 36.1 Å². The highest BCUT2D eigenvalue weighted by atomic mass is 19.1. The first-order valence-electron chi connectivity index (χ1n) is 9.38. The van der Waals surface area contributed by atoms with Gasteiger partial charge in [0, 0.05) is 24.8 Å². The van der Waals surface area contributed by atoms with Crippen LogP contribution in [0.4, 0.5) is 4.39 Å². The quantitative estimate of drug-likeness (QED) is 0.853. The molecule has 1 saturated heterocycles. The monoisotopic (exact) mass is 355 g/mol. The predicted molar refractivity (Wildman–Crippen MR) is 102 cm³/mol. The zero-order valence-electron chi connectivity index (χ0n) is 15.2. The van der Waals surface area contributed by atoms with Crippen LogP contribution in [0.2, 0.25) is 0 Å². The first kappa shape index (κ1) is 18.6. The molecule has 138 valence electrons. The summed E-state index contributed by atoms with van der Waals surface area (Å²) in [4.78, 5) is 14.9. The van der Waals surface area contributed by atoms with Crippen LogP contribution in [-0.4, -0.2) is 35.1 Å². The maximum Gasteiger partial charge on any atom is 0.254 e. The van der Waals surface area contributed by atoms with Crippen LogP contribution in [0.3, 0.4) is 0 Å². The summed E-state index contributed by atoms with van der Waals surface area (Å²) in [6.45, 7) is 2.90. The minimum Gasteiger partial charge on any atom is -0.396 e. The lowest BCUT2D eigenvalue weighted by atomic mass is 9.96. The molecule has 1 aliphatic rings. The van der Waals surface area contributed by atoms with Crippen LogP contribution >= 0.6 is 0 Å². The molecule has 4 heteroatoms. The van der Waals surface area contributed by atoms with Crippen molar-refractivity contribution in [2.45, 2.75) is 45.1 Å². The zero-order chi connectivity index (χ0) is 18.5. The average molecular weight is 355 g/mol. The summed E-state index contributed by atoms with van der Waals surface area (Å²) in [7, 11) is 0. The van der Waals surface area contributed by atoms with Crippen molar-refractivity contribution in [1.29, 1.82) is 0 Å². The topological polar surface area (TPSA) is 40.5 Å². The number of carbonyl (C=O) groups excluding carboxylic acids is 1. The van der Waals surface area contributed by atoms with Crippen molar-refractivity contribution in [3.05, 3.63) is 59.4 Å². The van der Waals surface area contributed by atoms with Gasteiger partial charge in [-0.2, -0.15) is 0 Å². The van der Waals surface area contributed by atoms with Gasteiger partial charge in [0.15, 0.2) is 0 Å². The number of aliphatic hydroxyl groups excluding tert-OH is 1. The van der Waals surface area contributed by atoms with Crippen LogP contribution in [0, 0.1) is 12.7 Å². The van der Waals surface area contributed by atoms with Crippen molar-refractivity contribution in [2.24, 2.45) is 0 Å². The number of nitrogens with zero attached hydrogens (tertiary/aromatic N) is 1. The molecule has 0 saturated carbocycles. The second-order valence-corrected chi connectivity index (χ2v) is 7.05. The van der Waals surface area contributed by atoms with E-state index in [1.54, 1.807) is 6.07 Å². The number of halogens is 1. The molecular weight excluding hydrogens is 329 g/mol. The fourth-order valence-electron chi connectivity index (χ4n) is 3.76. The number of benzene rings is 2. The largest absolute Gasteiger partial charge is 0.396 e. The number of likely N-dealkylation sites (tertiary alicyclic amines) is 1. The van der Waals surface area contributed by atoms with Crippen LogP contribution in [0.25, 0.3) is 11.1 Å². The molecule has 1 aliphatic heterocycles. The van der Waals surface area contributed by atoms with Crippen LogP contribution in [-0.2, 0) is 0 Å². The highest BCUT2D eigenvalue weighted by Gasteiger charge is 2.27. The second kappa shape index (κ2) is 8.45.